The van der Waals surface area contributed by atoms with Crippen LogP contribution in [0.3, 0.4) is 0 Å². The van der Waals surface area contributed by atoms with Crippen LogP contribution in [0.5, 0.6) is 5.75 Å². The summed E-state index contributed by atoms with van der Waals surface area (Å²) in [6.07, 6.45) is 14.0. The van der Waals surface area contributed by atoms with Gasteiger partial charge in [-0.25, -0.2) is 0 Å². The molecule has 0 saturated heterocycles. The van der Waals surface area contributed by atoms with Gasteiger partial charge < -0.3 is 14.7 Å². The maximum atomic E-state index is 14.0. The van der Waals surface area contributed by atoms with Gasteiger partial charge in [-0.15, -0.1) is 0 Å². The van der Waals surface area contributed by atoms with E-state index >= 15 is 0 Å². The zero-order valence-corrected chi connectivity index (χ0v) is 23.5. The Morgan fingerprint density at radius 2 is 1.82 bits per heavy atom. The number of aliphatic hydroxyl groups excluding tert-OH is 1. The van der Waals surface area contributed by atoms with E-state index in [1.54, 1.807) is 11.8 Å². The molecule has 2 saturated carbocycles. The molecule has 2 aliphatic carbocycles. The molecule has 208 valence electrons. The van der Waals surface area contributed by atoms with Crippen LogP contribution in [-0.4, -0.2) is 41.1 Å². The maximum Gasteiger partial charge on any atom is 0.230 e. The molecule has 0 atom stereocenters. The van der Waals surface area contributed by atoms with E-state index < -0.39 is 0 Å². The van der Waals surface area contributed by atoms with Crippen LogP contribution in [0.2, 0.25) is 0 Å². The van der Waals surface area contributed by atoms with Gasteiger partial charge in [0.2, 0.25) is 5.91 Å². The van der Waals surface area contributed by atoms with E-state index in [4.69, 9.17) is 4.74 Å². The highest BCUT2D eigenvalue weighted by Gasteiger charge is 2.31. The van der Waals surface area contributed by atoms with Crippen molar-refractivity contribution in [1.29, 1.82) is 0 Å². The van der Waals surface area contributed by atoms with Gasteiger partial charge in [0.25, 0.3) is 0 Å². The number of methoxy groups -OCH3 is 1. The van der Waals surface area contributed by atoms with E-state index in [0.717, 1.165) is 80.5 Å². The predicted molar refractivity (Wildman–Crippen MR) is 156 cm³/mol. The van der Waals surface area contributed by atoms with Crippen molar-refractivity contribution in [3.05, 3.63) is 66.0 Å². The lowest BCUT2D eigenvalue weighted by molar-refractivity contribution is -0.123. The topological polar surface area (TPSA) is 67.6 Å². The molecule has 0 radical (unpaired) electrons. The third-order valence-corrected chi connectivity index (χ3v) is 8.85. The molecule has 2 aromatic carbocycles. The van der Waals surface area contributed by atoms with Crippen molar-refractivity contribution in [2.45, 2.75) is 77.2 Å². The van der Waals surface area contributed by atoms with E-state index in [2.05, 4.69) is 59.4 Å². The van der Waals surface area contributed by atoms with E-state index in [1.807, 2.05) is 12.4 Å². The monoisotopic (exact) mass is 529 g/mol. The van der Waals surface area contributed by atoms with Crippen molar-refractivity contribution in [1.82, 2.24) is 9.78 Å². The number of benzene rings is 2. The Bertz CT molecular complexity index is 1240. The van der Waals surface area contributed by atoms with Crippen molar-refractivity contribution in [3.8, 4) is 16.9 Å². The molecule has 2 fully saturated rings. The summed E-state index contributed by atoms with van der Waals surface area (Å²) in [6, 6.07) is 15.0. The number of ether oxygens (including phenoxy) is 1. The molecule has 6 nitrogen and oxygen atoms in total. The first kappa shape index (κ1) is 27.4. The first-order chi connectivity index (χ1) is 19.1. The molecule has 0 bridgehead atoms. The second-order valence-electron chi connectivity index (χ2n) is 11.5. The lowest BCUT2D eigenvalue weighted by Gasteiger charge is -2.35. The molecule has 0 unspecified atom stereocenters. The van der Waals surface area contributed by atoms with Crippen LogP contribution in [0.1, 0.15) is 74.8 Å². The standard InChI is InChI=1S/C33H43N3O3/c1-24-19-29(15-16-32(24)39-2)26-13-11-25(12-14-26)22-36(33(38)27-7-4-3-5-8-27)31-10-6-9-28(20-31)30-21-34-35(23-30)17-18-37/h6,9-10,15-16,19-21,23,25-27,37H,3-5,7-8,11-14,17-18,22H2,1-2H3/t25-,26-. The number of amides is 1. The zero-order valence-electron chi connectivity index (χ0n) is 23.5. The van der Waals surface area contributed by atoms with Crippen LogP contribution in [0.4, 0.5) is 5.69 Å². The number of hydrogen-bond donors (Lipinski definition) is 1. The minimum Gasteiger partial charge on any atom is -0.496 e. The van der Waals surface area contributed by atoms with Crippen molar-refractivity contribution in [2.75, 3.05) is 25.2 Å². The number of aromatic nitrogens is 2. The highest BCUT2D eigenvalue weighted by atomic mass is 16.5. The zero-order chi connectivity index (χ0) is 27.2. The van der Waals surface area contributed by atoms with Gasteiger partial charge in [-0.2, -0.15) is 5.10 Å². The largest absolute Gasteiger partial charge is 0.496 e. The lowest BCUT2D eigenvalue weighted by Crippen LogP contribution is -2.41. The Kier molecular flexibility index (Phi) is 9.02. The summed E-state index contributed by atoms with van der Waals surface area (Å²) in [5.74, 6) is 2.47. The van der Waals surface area contributed by atoms with Gasteiger partial charge in [0.15, 0.2) is 0 Å². The van der Waals surface area contributed by atoms with E-state index in [9.17, 15) is 9.90 Å². The molecule has 3 aromatic rings. The van der Waals surface area contributed by atoms with Crippen LogP contribution < -0.4 is 9.64 Å². The van der Waals surface area contributed by atoms with Crippen LogP contribution in [0.15, 0.2) is 54.9 Å². The minimum absolute atomic E-state index is 0.0607. The Morgan fingerprint density at radius 1 is 1.03 bits per heavy atom. The molecule has 0 aliphatic heterocycles. The number of aryl methyl sites for hydroxylation is 1. The fraction of sp³-hybridized carbons (Fsp3) is 0.515. The molecule has 5 rings (SSSR count). The van der Waals surface area contributed by atoms with Gasteiger partial charge >= 0.3 is 0 Å². The Balaban J connectivity index is 1.32. The first-order valence-electron chi connectivity index (χ1n) is 14.8. The van der Waals surface area contributed by atoms with Gasteiger partial charge in [-0.3, -0.25) is 9.48 Å². The van der Waals surface area contributed by atoms with Crippen molar-refractivity contribution in [2.24, 2.45) is 11.8 Å². The van der Waals surface area contributed by atoms with Crippen LogP contribution in [0, 0.1) is 18.8 Å². The average Bonchev–Trinajstić information content (AvgIpc) is 3.45. The Hall–Kier alpha value is -3.12. The average molecular weight is 530 g/mol. The summed E-state index contributed by atoms with van der Waals surface area (Å²) < 4.78 is 7.22. The molecule has 39 heavy (non-hydrogen) atoms. The van der Waals surface area contributed by atoms with Crippen molar-refractivity contribution < 1.29 is 14.6 Å². The van der Waals surface area contributed by atoms with Gasteiger partial charge in [-0.1, -0.05) is 43.5 Å². The summed E-state index contributed by atoms with van der Waals surface area (Å²) in [7, 11) is 1.73. The second-order valence-corrected chi connectivity index (χ2v) is 11.5. The quantitative estimate of drug-likeness (QED) is 0.333. The predicted octanol–water partition coefficient (Wildman–Crippen LogP) is 6.75. The fourth-order valence-electron chi connectivity index (χ4n) is 6.58. The van der Waals surface area contributed by atoms with E-state index in [0.29, 0.717) is 24.3 Å². The van der Waals surface area contributed by atoms with Gasteiger partial charge in [-0.05, 0) is 92.2 Å². The van der Waals surface area contributed by atoms with Crippen LogP contribution in [0.25, 0.3) is 11.1 Å². The van der Waals surface area contributed by atoms with Crippen LogP contribution >= 0.6 is 0 Å². The maximum absolute atomic E-state index is 14.0. The smallest absolute Gasteiger partial charge is 0.230 e. The van der Waals surface area contributed by atoms with Crippen LogP contribution in [-0.2, 0) is 11.3 Å². The number of aliphatic hydroxyl groups is 1. The van der Waals surface area contributed by atoms with Gasteiger partial charge in [0.05, 0.1) is 26.5 Å². The highest BCUT2D eigenvalue weighted by Crippen LogP contribution is 2.39. The SMILES string of the molecule is COc1ccc([C@H]2CC[C@H](CN(C(=O)C3CCCCC3)c3cccc(-c4cnn(CCO)c4)c3)CC2)cc1C. The molecule has 2 aliphatic rings. The number of rotatable bonds is 9. The molecule has 1 heterocycles. The Labute approximate surface area is 233 Å². The number of hydrogen-bond acceptors (Lipinski definition) is 4. The van der Waals surface area contributed by atoms with E-state index in [-0.39, 0.29) is 12.5 Å². The normalized spacial score (nSPS) is 20.1. The van der Waals surface area contributed by atoms with Gasteiger partial charge in [0, 0.05) is 29.9 Å². The Morgan fingerprint density at radius 3 is 2.54 bits per heavy atom. The number of carbonyl (C=O) groups is 1. The highest BCUT2D eigenvalue weighted by molar-refractivity contribution is 5.95. The van der Waals surface area contributed by atoms with E-state index in [1.165, 1.54) is 17.5 Å². The summed E-state index contributed by atoms with van der Waals surface area (Å²) in [4.78, 5) is 16.1. The summed E-state index contributed by atoms with van der Waals surface area (Å²) >= 11 is 0. The summed E-state index contributed by atoms with van der Waals surface area (Å²) in [5, 5.41) is 13.6. The summed E-state index contributed by atoms with van der Waals surface area (Å²) in [6.45, 7) is 3.45. The fourth-order valence-corrected chi connectivity index (χ4v) is 6.58. The molecular formula is C33H43N3O3. The minimum atomic E-state index is 0.0607. The molecule has 1 aromatic heterocycles. The van der Waals surface area contributed by atoms with Gasteiger partial charge in [0.1, 0.15) is 5.75 Å². The molecule has 1 N–H and O–H groups in total. The number of anilines is 1. The lowest BCUT2D eigenvalue weighted by atomic mass is 9.78. The molecule has 6 heteroatoms. The molecule has 0 spiro atoms. The van der Waals surface area contributed by atoms with Crippen molar-refractivity contribution >= 4 is 11.6 Å². The number of nitrogens with zero attached hydrogens (tertiary/aromatic N) is 3. The number of carbonyl (C=O) groups excluding carboxylic acids is 1. The molecule has 1 amide bonds. The van der Waals surface area contributed by atoms with Crippen molar-refractivity contribution in [3.63, 3.8) is 0 Å². The molecular weight excluding hydrogens is 486 g/mol. The summed E-state index contributed by atoms with van der Waals surface area (Å²) in [5.41, 5.74) is 5.66. The third-order valence-electron chi connectivity index (χ3n) is 8.85. The first-order valence-corrected chi connectivity index (χ1v) is 14.8. The third kappa shape index (κ3) is 6.55. The second kappa shape index (κ2) is 12.8.